The molecule has 1 saturated heterocycles. The van der Waals surface area contributed by atoms with Crippen molar-refractivity contribution in [1.82, 2.24) is 9.97 Å². The van der Waals surface area contributed by atoms with Gasteiger partial charge in [0.05, 0.1) is 37.8 Å². The van der Waals surface area contributed by atoms with Crippen molar-refractivity contribution in [2.75, 3.05) is 24.7 Å². The molecule has 1 aliphatic carbocycles. The SMILES string of the molecule is CCOc1cncc(N2CCO[C@@H]3CCCC[C@@H]32)n1. The van der Waals surface area contributed by atoms with E-state index in [4.69, 9.17) is 9.47 Å². The summed E-state index contributed by atoms with van der Waals surface area (Å²) in [4.78, 5) is 11.2. The highest BCUT2D eigenvalue weighted by atomic mass is 16.5. The van der Waals surface area contributed by atoms with E-state index in [0.29, 0.717) is 24.6 Å². The minimum absolute atomic E-state index is 0.361. The second-order valence-electron chi connectivity index (χ2n) is 5.10. The van der Waals surface area contributed by atoms with E-state index in [0.717, 1.165) is 19.0 Å². The first-order valence-corrected chi connectivity index (χ1v) is 7.21. The van der Waals surface area contributed by atoms with E-state index in [1.165, 1.54) is 25.7 Å². The molecule has 2 aliphatic rings. The van der Waals surface area contributed by atoms with Crippen LogP contribution in [0.2, 0.25) is 0 Å². The molecule has 0 bridgehead atoms. The van der Waals surface area contributed by atoms with E-state index in [2.05, 4.69) is 14.9 Å². The maximum atomic E-state index is 5.89. The Morgan fingerprint density at radius 2 is 2.26 bits per heavy atom. The average Bonchev–Trinajstić information content (AvgIpc) is 2.47. The number of aromatic nitrogens is 2. The zero-order valence-corrected chi connectivity index (χ0v) is 11.4. The summed E-state index contributed by atoms with van der Waals surface area (Å²) in [6.07, 6.45) is 8.77. The molecular weight excluding hydrogens is 242 g/mol. The van der Waals surface area contributed by atoms with Crippen molar-refractivity contribution in [2.45, 2.75) is 44.8 Å². The van der Waals surface area contributed by atoms with Crippen LogP contribution in [-0.4, -0.2) is 41.9 Å². The highest BCUT2D eigenvalue weighted by Gasteiger charge is 2.35. The standard InChI is InChI=1S/C14H21N3O2/c1-2-18-14-10-15-9-13(16-14)17-7-8-19-12-6-4-3-5-11(12)17/h9-12H,2-8H2,1H3/t11-,12+/m0/s1. The van der Waals surface area contributed by atoms with E-state index in [1.54, 1.807) is 6.20 Å². The number of fused-ring (bicyclic) bond motifs is 1. The molecule has 5 nitrogen and oxygen atoms in total. The van der Waals surface area contributed by atoms with Crippen molar-refractivity contribution in [3.63, 3.8) is 0 Å². The van der Waals surface area contributed by atoms with Gasteiger partial charge in [-0.2, -0.15) is 4.98 Å². The van der Waals surface area contributed by atoms with Crippen LogP contribution in [0.4, 0.5) is 5.82 Å². The molecule has 1 aliphatic heterocycles. The van der Waals surface area contributed by atoms with Gasteiger partial charge in [0.2, 0.25) is 5.88 Å². The molecule has 104 valence electrons. The quantitative estimate of drug-likeness (QED) is 0.835. The number of hydrogen-bond acceptors (Lipinski definition) is 5. The van der Waals surface area contributed by atoms with Gasteiger partial charge < -0.3 is 14.4 Å². The first-order valence-electron chi connectivity index (χ1n) is 7.21. The molecule has 0 radical (unpaired) electrons. The molecule has 19 heavy (non-hydrogen) atoms. The minimum atomic E-state index is 0.361. The Hall–Kier alpha value is -1.36. The predicted molar refractivity (Wildman–Crippen MR) is 72.5 cm³/mol. The second-order valence-corrected chi connectivity index (χ2v) is 5.10. The molecule has 2 heterocycles. The van der Waals surface area contributed by atoms with Crippen LogP contribution in [-0.2, 0) is 4.74 Å². The van der Waals surface area contributed by atoms with Crippen molar-refractivity contribution in [1.29, 1.82) is 0 Å². The van der Waals surface area contributed by atoms with Crippen LogP contribution >= 0.6 is 0 Å². The lowest BCUT2D eigenvalue weighted by Crippen LogP contribution is -2.53. The summed E-state index contributed by atoms with van der Waals surface area (Å²) in [5, 5.41) is 0. The molecule has 0 N–H and O–H groups in total. The van der Waals surface area contributed by atoms with Crippen molar-refractivity contribution in [3.05, 3.63) is 12.4 Å². The minimum Gasteiger partial charge on any atom is -0.477 e. The van der Waals surface area contributed by atoms with Crippen molar-refractivity contribution in [3.8, 4) is 5.88 Å². The third-order valence-corrected chi connectivity index (χ3v) is 3.92. The first-order chi connectivity index (χ1) is 9.38. The number of anilines is 1. The van der Waals surface area contributed by atoms with Gasteiger partial charge >= 0.3 is 0 Å². The van der Waals surface area contributed by atoms with Gasteiger partial charge in [-0.1, -0.05) is 12.8 Å². The zero-order chi connectivity index (χ0) is 13.1. The summed E-state index contributed by atoms with van der Waals surface area (Å²) in [6.45, 7) is 4.25. The molecule has 0 aromatic carbocycles. The molecular formula is C14H21N3O2. The Kier molecular flexibility index (Phi) is 3.82. The number of nitrogens with zero attached hydrogens (tertiary/aromatic N) is 3. The fraction of sp³-hybridized carbons (Fsp3) is 0.714. The molecule has 5 heteroatoms. The lowest BCUT2D eigenvalue weighted by atomic mass is 9.90. The van der Waals surface area contributed by atoms with E-state index in [9.17, 15) is 0 Å². The Morgan fingerprint density at radius 3 is 3.16 bits per heavy atom. The van der Waals surface area contributed by atoms with E-state index in [1.807, 2.05) is 13.1 Å². The maximum Gasteiger partial charge on any atom is 0.234 e. The molecule has 1 saturated carbocycles. The fourth-order valence-electron chi connectivity index (χ4n) is 3.08. The summed E-state index contributed by atoms with van der Waals surface area (Å²) < 4.78 is 11.3. The van der Waals surface area contributed by atoms with Crippen LogP contribution in [0.1, 0.15) is 32.6 Å². The molecule has 2 atom stereocenters. The molecule has 1 aromatic rings. The van der Waals surface area contributed by atoms with E-state index in [-0.39, 0.29) is 0 Å². The van der Waals surface area contributed by atoms with Crippen LogP contribution in [0, 0.1) is 0 Å². The van der Waals surface area contributed by atoms with Gasteiger partial charge in [-0.05, 0) is 19.8 Å². The van der Waals surface area contributed by atoms with E-state index >= 15 is 0 Å². The van der Waals surface area contributed by atoms with Crippen LogP contribution in [0.25, 0.3) is 0 Å². The molecule has 0 amide bonds. The molecule has 3 rings (SSSR count). The van der Waals surface area contributed by atoms with Gasteiger partial charge in [0.25, 0.3) is 0 Å². The van der Waals surface area contributed by atoms with E-state index < -0.39 is 0 Å². The van der Waals surface area contributed by atoms with Crippen LogP contribution in [0.5, 0.6) is 5.88 Å². The largest absolute Gasteiger partial charge is 0.477 e. The smallest absolute Gasteiger partial charge is 0.234 e. The average molecular weight is 263 g/mol. The number of rotatable bonds is 3. The summed E-state index contributed by atoms with van der Waals surface area (Å²) >= 11 is 0. The third kappa shape index (κ3) is 2.66. The predicted octanol–water partition coefficient (Wildman–Crippen LogP) is 2.02. The topological polar surface area (TPSA) is 47.5 Å². The highest BCUT2D eigenvalue weighted by Crippen LogP contribution is 2.31. The summed E-state index contributed by atoms with van der Waals surface area (Å²) in [7, 11) is 0. The Bertz CT molecular complexity index is 425. The molecule has 0 spiro atoms. The van der Waals surface area contributed by atoms with Gasteiger partial charge in [0.15, 0.2) is 5.82 Å². The van der Waals surface area contributed by atoms with Gasteiger partial charge in [-0.25, -0.2) is 0 Å². The van der Waals surface area contributed by atoms with Crippen LogP contribution < -0.4 is 9.64 Å². The fourth-order valence-corrected chi connectivity index (χ4v) is 3.08. The van der Waals surface area contributed by atoms with Crippen molar-refractivity contribution in [2.24, 2.45) is 0 Å². The summed E-state index contributed by atoms with van der Waals surface area (Å²) in [5.74, 6) is 1.53. The number of morpholine rings is 1. The Morgan fingerprint density at radius 1 is 1.37 bits per heavy atom. The molecule has 1 aromatic heterocycles. The van der Waals surface area contributed by atoms with Crippen LogP contribution in [0.15, 0.2) is 12.4 Å². The van der Waals surface area contributed by atoms with Gasteiger partial charge in [0, 0.05) is 6.54 Å². The van der Waals surface area contributed by atoms with Crippen molar-refractivity contribution >= 4 is 5.82 Å². The second kappa shape index (κ2) is 5.74. The van der Waals surface area contributed by atoms with Crippen LogP contribution in [0.3, 0.4) is 0 Å². The maximum absolute atomic E-state index is 5.89. The Balaban J connectivity index is 1.81. The Labute approximate surface area is 113 Å². The lowest BCUT2D eigenvalue weighted by molar-refractivity contribution is -0.00905. The van der Waals surface area contributed by atoms with Gasteiger partial charge in [-0.3, -0.25) is 4.98 Å². The third-order valence-electron chi connectivity index (χ3n) is 3.92. The van der Waals surface area contributed by atoms with Gasteiger partial charge in [0.1, 0.15) is 0 Å². The first kappa shape index (κ1) is 12.7. The normalized spacial score (nSPS) is 26.9. The monoisotopic (exact) mass is 263 g/mol. The molecule has 2 fully saturated rings. The highest BCUT2D eigenvalue weighted by molar-refractivity contribution is 5.40. The molecule has 0 unspecified atom stereocenters. The lowest BCUT2D eigenvalue weighted by Gasteiger charge is -2.44. The van der Waals surface area contributed by atoms with Crippen molar-refractivity contribution < 1.29 is 9.47 Å². The summed E-state index contributed by atoms with van der Waals surface area (Å²) in [6, 6.07) is 0.452. The number of hydrogen-bond donors (Lipinski definition) is 0. The van der Waals surface area contributed by atoms with Gasteiger partial charge in [-0.15, -0.1) is 0 Å². The zero-order valence-electron chi connectivity index (χ0n) is 11.4. The summed E-state index contributed by atoms with van der Waals surface area (Å²) in [5.41, 5.74) is 0. The number of ether oxygens (including phenoxy) is 2.